The van der Waals surface area contributed by atoms with Crippen LogP contribution in [0.4, 0.5) is 19.0 Å². The number of aryl methyl sites for hydroxylation is 1. The Morgan fingerprint density at radius 1 is 1.24 bits per heavy atom. The number of hydrogen-bond acceptors (Lipinski definition) is 2. The smallest absolute Gasteiger partial charge is 0.384 e. The predicted molar refractivity (Wildman–Crippen MR) is 58.1 cm³/mol. The maximum absolute atomic E-state index is 12.5. The number of rotatable bonds is 1. The molecule has 3 nitrogen and oxygen atoms in total. The molecule has 0 amide bonds. The average Bonchev–Trinajstić information content (AvgIpc) is 2.58. The molecule has 2 N–H and O–H groups in total. The average molecular weight is 241 g/mol. The van der Waals surface area contributed by atoms with Gasteiger partial charge in [-0.1, -0.05) is 12.1 Å². The molecular formula is C11H10F3N3. The minimum absolute atomic E-state index is 0.395. The van der Waals surface area contributed by atoms with Gasteiger partial charge in [0.05, 0.1) is 11.3 Å². The Morgan fingerprint density at radius 2 is 1.94 bits per heavy atom. The van der Waals surface area contributed by atoms with Gasteiger partial charge in [0.25, 0.3) is 0 Å². The zero-order valence-electron chi connectivity index (χ0n) is 8.99. The number of hydrogen-bond donors (Lipinski definition) is 1. The molecule has 1 aromatic carbocycles. The van der Waals surface area contributed by atoms with E-state index >= 15 is 0 Å². The monoisotopic (exact) mass is 241 g/mol. The van der Waals surface area contributed by atoms with Crippen LogP contribution in [0.5, 0.6) is 0 Å². The Kier molecular flexibility index (Phi) is 2.57. The largest absolute Gasteiger partial charge is 0.416 e. The van der Waals surface area contributed by atoms with Gasteiger partial charge in [-0.05, 0) is 12.1 Å². The van der Waals surface area contributed by atoms with Crippen LogP contribution in [0.1, 0.15) is 5.56 Å². The Morgan fingerprint density at radius 3 is 2.47 bits per heavy atom. The fraction of sp³-hybridized carbons (Fsp3) is 0.182. The summed E-state index contributed by atoms with van der Waals surface area (Å²) in [6.45, 7) is 0. The Bertz CT molecular complexity index is 524. The second-order valence-corrected chi connectivity index (χ2v) is 3.66. The van der Waals surface area contributed by atoms with Gasteiger partial charge < -0.3 is 5.73 Å². The molecule has 1 heterocycles. The van der Waals surface area contributed by atoms with Gasteiger partial charge in [-0.2, -0.15) is 18.3 Å². The van der Waals surface area contributed by atoms with Crippen molar-refractivity contribution < 1.29 is 13.2 Å². The van der Waals surface area contributed by atoms with Crippen molar-refractivity contribution in [2.24, 2.45) is 7.05 Å². The predicted octanol–water partition coefficient (Wildman–Crippen LogP) is 2.69. The lowest BCUT2D eigenvalue weighted by molar-refractivity contribution is -0.137. The fourth-order valence-corrected chi connectivity index (χ4v) is 1.48. The van der Waals surface area contributed by atoms with E-state index in [1.807, 2.05) is 0 Å². The van der Waals surface area contributed by atoms with Gasteiger partial charge in [0.1, 0.15) is 5.82 Å². The van der Waals surface area contributed by atoms with E-state index in [-0.39, 0.29) is 0 Å². The molecule has 0 spiro atoms. The summed E-state index contributed by atoms with van der Waals surface area (Å²) in [7, 11) is 1.63. The van der Waals surface area contributed by atoms with Crippen LogP contribution in [0.2, 0.25) is 0 Å². The van der Waals surface area contributed by atoms with E-state index in [2.05, 4.69) is 5.10 Å². The molecule has 0 saturated heterocycles. The highest BCUT2D eigenvalue weighted by molar-refractivity contribution is 5.63. The third-order valence-corrected chi connectivity index (χ3v) is 2.40. The number of nitrogens with zero attached hydrogens (tertiary/aromatic N) is 2. The molecule has 0 aliphatic carbocycles. The second kappa shape index (κ2) is 3.80. The van der Waals surface area contributed by atoms with Gasteiger partial charge >= 0.3 is 6.18 Å². The summed E-state index contributed by atoms with van der Waals surface area (Å²) in [6, 6.07) is 6.53. The Balaban J connectivity index is 2.47. The van der Waals surface area contributed by atoms with E-state index in [4.69, 9.17) is 5.73 Å². The number of anilines is 1. The number of aromatic nitrogens is 2. The van der Waals surface area contributed by atoms with Crippen molar-refractivity contribution >= 4 is 5.82 Å². The van der Waals surface area contributed by atoms with Crippen molar-refractivity contribution in [1.29, 1.82) is 0 Å². The van der Waals surface area contributed by atoms with Gasteiger partial charge in [-0.25, -0.2) is 0 Å². The zero-order chi connectivity index (χ0) is 12.6. The maximum atomic E-state index is 12.5. The molecular weight excluding hydrogens is 231 g/mol. The molecule has 2 rings (SSSR count). The molecule has 0 unspecified atom stereocenters. The van der Waals surface area contributed by atoms with Gasteiger partial charge in [0, 0.05) is 18.7 Å². The molecule has 90 valence electrons. The SMILES string of the molecule is Cn1nc(-c2cccc(C(F)(F)F)c2)cc1N. The van der Waals surface area contributed by atoms with Crippen LogP contribution in [-0.2, 0) is 13.2 Å². The number of nitrogens with two attached hydrogens (primary N) is 1. The summed E-state index contributed by atoms with van der Waals surface area (Å²) in [6.07, 6.45) is -4.35. The van der Waals surface area contributed by atoms with E-state index in [0.29, 0.717) is 17.1 Å². The van der Waals surface area contributed by atoms with Crippen LogP contribution >= 0.6 is 0 Å². The summed E-state index contributed by atoms with van der Waals surface area (Å²) >= 11 is 0. The van der Waals surface area contributed by atoms with Crippen molar-refractivity contribution in [3.8, 4) is 11.3 Å². The first-order chi connectivity index (χ1) is 7.88. The maximum Gasteiger partial charge on any atom is 0.416 e. The topological polar surface area (TPSA) is 43.8 Å². The molecule has 0 aliphatic rings. The highest BCUT2D eigenvalue weighted by Gasteiger charge is 2.30. The van der Waals surface area contributed by atoms with Gasteiger partial charge in [0.15, 0.2) is 0 Å². The highest BCUT2D eigenvalue weighted by atomic mass is 19.4. The normalized spacial score (nSPS) is 11.8. The van der Waals surface area contributed by atoms with Crippen LogP contribution in [0.15, 0.2) is 30.3 Å². The molecule has 17 heavy (non-hydrogen) atoms. The van der Waals surface area contributed by atoms with Crippen LogP contribution in [0.3, 0.4) is 0 Å². The van der Waals surface area contributed by atoms with Crippen molar-refractivity contribution in [2.45, 2.75) is 6.18 Å². The number of nitrogen functional groups attached to an aromatic ring is 1. The number of alkyl halides is 3. The minimum atomic E-state index is -4.35. The van der Waals surface area contributed by atoms with Gasteiger partial charge in [0.2, 0.25) is 0 Å². The summed E-state index contributed by atoms with van der Waals surface area (Å²) in [5.74, 6) is 0.400. The minimum Gasteiger partial charge on any atom is -0.384 e. The van der Waals surface area contributed by atoms with Crippen LogP contribution in [0.25, 0.3) is 11.3 Å². The van der Waals surface area contributed by atoms with Crippen LogP contribution < -0.4 is 5.73 Å². The first-order valence-corrected chi connectivity index (χ1v) is 4.85. The molecule has 6 heteroatoms. The fourth-order valence-electron chi connectivity index (χ4n) is 1.48. The molecule has 0 saturated carbocycles. The van der Waals surface area contributed by atoms with E-state index in [0.717, 1.165) is 12.1 Å². The highest BCUT2D eigenvalue weighted by Crippen LogP contribution is 2.32. The van der Waals surface area contributed by atoms with Crippen LogP contribution in [-0.4, -0.2) is 9.78 Å². The molecule has 0 bridgehead atoms. The third kappa shape index (κ3) is 2.25. The lowest BCUT2D eigenvalue weighted by Gasteiger charge is -2.07. The van der Waals surface area contributed by atoms with Crippen molar-refractivity contribution in [3.05, 3.63) is 35.9 Å². The van der Waals surface area contributed by atoms with Crippen molar-refractivity contribution in [3.63, 3.8) is 0 Å². The number of halogens is 3. The Labute approximate surface area is 95.7 Å². The molecule has 0 radical (unpaired) electrons. The molecule has 1 aromatic heterocycles. The summed E-state index contributed by atoms with van der Waals surface area (Å²) in [5, 5.41) is 4.03. The molecule has 0 fully saturated rings. The summed E-state index contributed by atoms with van der Waals surface area (Å²) in [5.41, 5.74) is 5.71. The van der Waals surface area contributed by atoms with E-state index < -0.39 is 11.7 Å². The molecule has 2 aromatic rings. The lowest BCUT2D eigenvalue weighted by Crippen LogP contribution is -2.04. The Hall–Kier alpha value is -1.98. The van der Waals surface area contributed by atoms with E-state index in [9.17, 15) is 13.2 Å². The first-order valence-electron chi connectivity index (χ1n) is 4.85. The second-order valence-electron chi connectivity index (χ2n) is 3.66. The van der Waals surface area contributed by atoms with Crippen molar-refractivity contribution in [2.75, 3.05) is 5.73 Å². The third-order valence-electron chi connectivity index (χ3n) is 2.40. The first kappa shape index (κ1) is 11.5. The van der Waals surface area contributed by atoms with Crippen LogP contribution in [0, 0.1) is 0 Å². The van der Waals surface area contributed by atoms with E-state index in [1.165, 1.54) is 16.8 Å². The quantitative estimate of drug-likeness (QED) is 0.834. The van der Waals surface area contributed by atoms with Gasteiger partial charge in [-0.15, -0.1) is 0 Å². The van der Waals surface area contributed by atoms with Crippen molar-refractivity contribution in [1.82, 2.24) is 9.78 Å². The van der Waals surface area contributed by atoms with Gasteiger partial charge in [-0.3, -0.25) is 4.68 Å². The zero-order valence-corrected chi connectivity index (χ0v) is 8.99. The lowest BCUT2D eigenvalue weighted by atomic mass is 10.1. The molecule has 0 atom stereocenters. The summed E-state index contributed by atoms with van der Waals surface area (Å²) in [4.78, 5) is 0. The standard InChI is InChI=1S/C11H10F3N3/c1-17-10(15)6-9(16-17)7-3-2-4-8(5-7)11(12,13)14/h2-6H,15H2,1H3. The summed E-state index contributed by atoms with van der Waals surface area (Å²) < 4.78 is 39.0. The molecule has 0 aliphatic heterocycles. The number of benzene rings is 1. The van der Waals surface area contributed by atoms with E-state index in [1.54, 1.807) is 13.1 Å².